The van der Waals surface area contributed by atoms with Gasteiger partial charge in [-0.25, -0.2) is 0 Å². The molecule has 0 amide bonds. The number of quaternary nitrogens is 1. The summed E-state index contributed by atoms with van der Waals surface area (Å²) < 4.78 is 34.6. The Morgan fingerprint density at radius 2 is 0.931 bits per heavy atom. The van der Waals surface area contributed by atoms with Crippen LogP contribution < -0.4 is 4.89 Å². The zero-order valence-electron chi connectivity index (χ0n) is 39.0. The van der Waals surface area contributed by atoms with Crippen LogP contribution in [0.5, 0.6) is 0 Å². The Morgan fingerprint density at radius 3 is 1.38 bits per heavy atom. The third-order valence-corrected chi connectivity index (χ3v) is 11.7. The van der Waals surface area contributed by atoms with Crippen LogP contribution in [0.2, 0.25) is 0 Å². The number of rotatable bonds is 46. The Balaban J connectivity index is 4.03. The van der Waals surface area contributed by atoms with Crippen LogP contribution in [0.1, 0.15) is 226 Å². The molecule has 0 N–H and O–H groups in total. The van der Waals surface area contributed by atoms with E-state index in [1.807, 2.05) is 21.1 Å². The number of hydrogen-bond acceptors (Lipinski definition) is 7. The lowest BCUT2D eigenvalue weighted by atomic mass is 10.0. The molecule has 0 aromatic carbocycles. The molecule has 0 fully saturated rings. The van der Waals surface area contributed by atoms with E-state index in [0.29, 0.717) is 24.1 Å². The molecule has 0 heterocycles. The summed E-state index contributed by atoms with van der Waals surface area (Å²) in [6.07, 6.45) is 49.2. The summed E-state index contributed by atoms with van der Waals surface area (Å²) in [5.41, 5.74) is 0. The number of phosphoric acid groups is 1. The molecule has 8 nitrogen and oxygen atoms in total. The molecule has 2 unspecified atom stereocenters. The van der Waals surface area contributed by atoms with Crippen LogP contribution in [0.4, 0.5) is 0 Å². The van der Waals surface area contributed by atoms with Crippen LogP contribution in [0.3, 0.4) is 0 Å². The third kappa shape index (κ3) is 46.1. The maximum Gasteiger partial charge on any atom is 0.306 e. The molecule has 0 aromatic rings. The van der Waals surface area contributed by atoms with Crippen LogP contribution in [-0.4, -0.2) is 70.7 Å². The largest absolute Gasteiger partial charge is 0.756 e. The smallest absolute Gasteiger partial charge is 0.306 e. The van der Waals surface area contributed by atoms with E-state index in [1.54, 1.807) is 0 Å². The highest BCUT2D eigenvalue weighted by Gasteiger charge is 2.20. The van der Waals surface area contributed by atoms with Crippen molar-refractivity contribution in [3.63, 3.8) is 0 Å². The zero-order valence-corrected chi connectivity index (χ0v) is 39.9. The van der Waals surface area contributed by atoms with Crippen LogP contribution in [0.15, 0.2) is 24.3 Å². The van der Waals surface area contributed by atoms with E-state index in [-0.39, 0.29) is 25.8 Å². The van der Waals surface area contributed by atoms with Crippen molar-refractivity contribution in [2.45, 2.75) is 232 Å². The van der Waals surface area contributed by atoms with Gasteiger partial charge in [0.25, 0.3) is 7.82 Å². The summed E-state index contributed by atoms with van der Waals surface area (Å²) in [6.45, 7) is 5.37. The lowest BCUT2D eigenvalue weighted by Crippen LogP contribution is -2.37. The molecule has 9 heteroatoms. The first-order valence-electron chi connectivity index (χ1n) is 24.6. The molecule has 344 valence electrons. The van der Waals surface area contributed by atoms with Gasteiger partial charge in [0.05, 0.1) is 34.4 Å². The highest BCUT2D eigenvalue weighted by Crippen LogP contribution is 2.38. The lowest BCUT2D eigenvalue weighted by molar-refractivity contribution is -0.870. The van der Waals surface area contributed by atoms with Crippen molar-refractivity contribution in [2.24, 2.45) is 0 Å². The fourth-order valence-corrected chi connectivity index (χ4v) is 7.63. The Kier molecular flexibility index (Phi) is 41.9. The Morgan fingerprint density at radius 1 is 0.517 bits per heavy atom. The fourth-order valence-electron chi connectivity index (χ4n) is 6.90. The van der Waals surface area contributed by atoms with Crippen molar-refractivity contribution in [1.29, 1.82) is 0 Å². The summed E-state index contributed by atoms with van der Waals surface area (Å²) in [4.78, 5) is 25.1. The standard InChI is InChI=1S/C49H96NO7P/c1-6-8-10-12-14-16-18-19-20-21-22-23-24-25-26-27-28-29-30-31-32-34-36-38-40-42-49(51)57-48(47-56-58(52,53)55-45-43-50(3,4)5)46-54-44-41-39-37-35-33-17-15-13-11-9-7-2/h11,13,21-22,48H,6-10,12,14-20,23-47H2,1-5H3/b13-11-,22-21-. The zero-order chi connectivity index (χ0) is 42.7. The van der Waals surface area contributed by atoms with Crippen molar-refractivity contribution in [1.82, 2.24) is 0 Å². The highest BCUT2D eigenvalue weighted by molar-refractivity contribution is 7.45. The summed E-state index contributed by atoms with van der Waals surface area (Å²) >= 11 is 0. The van der Waals surface area contributed by atoms with E-state index < -0.39 is 13.9 Å². The number of unbranched alkanes of at least 4 members (excludes halogenated alkanes) is 28. The first-order chi connectivity index (χ1) is 28.1. The minimum Gasteiger partial charge on any atom is -0.756 e. The minimum absolute atomic E-state index is 0.0265. The lowest BCUT2D eigenvalue weighted by Gasteiger charge is -2.28. The van der Waals surface area contributed by atoms with Gasteiger partial charge in [-0.05, 0) is 57.8 Å². The van der Waals surface area contributed by atoms with Crippen molar-refractivity contribution in [2.75, 3.05) is 54.1 Å². The third-order valence-electron chi connectivity index (χ3n) is 10.7. The van der Waals surface area contributed by atoms with E-state index >= 15 is 0 Å². The second-order valence-corrected chi connectivity index (χ2v) is 19.2. The molecule has 0 bridgehead atoms. The second-order valence-electron chi connectivity index (χ2n) is 17.8. The number of likely N-dealkylation sites (N-methyl/N-ethyl adjacent to an activating group) is 1. The van der Waals surface area contributed by atoms with Gasteiger partial charge in [0.1, 0.15) is 19.3 Å². The molecule has 0 spiro atoms. The van der Waals surface area contributed by atoms with Gasteiger partial charge in [-0.2, -0.15) is 0 Å². The van der Waals surface area contributed by atoms with E-state index in [2.05, 4.69) is 38.2 Å². The maximum absolute atomic E-state index is 12.7. The van der Waals surface area contributed by atoms with Crippen LogP contribution in [-0.2, 0) is 27.9 Å². The first-order valence-corrected chi connectivity index (χ1v) is 26.0. The number of esters is 1. The van der Waals surface area contributed by atoms with Gasteiger partial charge in [0.2, 0.25) is 0 Å². The molecule has 0 aliphatic rings. The van der Waals surface area contributed by atoms with Crippen LogP contribution in [0, 0.1) is 0 Å². The molecular weight excluding hydrogens is 746 g/mol. The van der Waals surface area contributed by atoms with Crippen molar-refractivity contribution in [3.05, 3.63) is 24.3 Å². The molecule has 58 heavy (non-hydrogen) atoms. The number of phosphoric ester groups is 1. The number of hydrogen-bond donors (Lipinski definition) is 0. The van der Waals surface area contributed by atoms with Crippen molar-refractivity contribution in [3.8, 4) is 0 Å². The van der Waals surface area contributed by atoms with Gasteiger partial charge in [0.15, 0.2) is 0 Å². The highest BCUT2D eigenvalue weighted by atomic mass is 31.2. The summed E-state index contributed by atoms with van der Waals surface area (Å²) in [6, 6.07) is 0. The van der Waals surface area contributed by atoms with Gasteiger partial charge in [-0.15, -0.1) is 0 Å². The molecule has 0 rings (SSSR count). The quantitative estimate of drug-likeness (QED) is 0.0198. The Hall–Kier alpha value is -1.02. The SMILES string of the molecule is CCC/C=C\CCCCCCCCOCC(COP(=O)([O-])OCC[N+](C)(C)C)OC(=O)CCCCCCCCCCCCCCC/C=C\CCCCCCCCCC. The average Bonchev–Trinajstić information content (AvgIpc) is 3.18. The molecule has 0 radical (unpaired) electrons. The molecular formula is C49H96NO7P. The predicted molar refractivity (Wildman–Crippen MR) is 245 cm³/mol. The number of carbonyl (C=O) groups is 1. The first kappa shape index (κ1) is 57.0. The summed E-state index contributed by atoms with van der Waals surface area (Å²) in [5.74, 6) is -0.334. The second kappa shape index (κ2) is 42.7. The number of carbonyl (C=O) groups excluding carboxylic acids is 1. The van der Waals surface area contributed by atoms with Crippen LogP contribution >= 0.6 is 7.82 Å². The molecule has 0 aliphatic heterocycles. The maximum atomic E-state index is 12.7. The fraction of sp³-hybridized carbons (Fsp3) is 0.898. The van der Waals surface area contributed by atoms with Gasteiger partial charge in [-0.3, -0.25) is 9.36 Å². The molecule has 2 atom stereocenters. The van der Waals surface area contributed by atoms with E-state index in [9.17, 15) is 14.3 Å². The Labute approximate surface area is 360 Å². The predicted octanol–water partition coefficient (Wildman–Crippen LogP) is 14.1. The number of ether oxygens (including phenoxy) is 2. The molecule has 0 saturated heterocycles. The average molecular weight is 842 g/mol. The number of allylic oxidation sites excluding steroid dienone is 4. The summed E-state index contributed by atoms with van der Waals surface area (Å²) in [5, 5.41) is 0. The normalized spacial score (nSPS) is 13.8. The van der Waals surface area contributed by atoms with E-state index in [1.165, 1.54) is 173 Å². The summed E-state index contributed by atoms with van der Waals surface area (Å²) in [7, 11) is 1.36. The van der Waals surface area contributed by atoms with E-state index in [0.717, 1.165) is 32.1 Å². The van der Waals surface area contributed by atoms with Gasteiger partial charge in [-0.1, -0.05) is 186 Å². The Bertz CT molecular complexity index is 983. The van der Waals surface area contributed by atoms with Gasteiger partial charge < -0.3 is 27.9 Å². The molecule has 0 aromatic heterocycles. The van der Waals surface area contributed by atoms with Crippen molar-refractivity contribution >= 4 is 13.8 Å². The minimum atomic E-state index is -4.52. The number of nitrogens with zero attached hydrogens (tertiary/aromatic N) is 1. The molecule has 0 aliphatic carbocycles. The van der Waals surface area contributed by atoms with Gasteiger partial charge in [0, 0.05) is 13.0 Å². The van der Waals surface area contributed by atoms with E-state index in [4.69, 9.17) is 18.5 Å². The molecule has 0 saturated carbocycles. The topological polar surface area (TPSA) is 94.1 Å². The van der Waals surface area contributed by atoms with Crippen LogP contribution in [0.25, 0.3) is 0 Å². The van der Waals surface area contributed by atoms with Gasteiger partial charge >= 0.3 is 5.97 Å². The monoisotopic (exact) mass is 842 g/mol. The van der Waals surface area contributed by atoms with Crippen molar-refractivity contribution < 1.29 is 37.3 Å².